The van der Waals surface area contributed by atoms with Crippen molar-refractivity contribution in [1.29, 1.82) is 0 Å². The maximum absolute atomic E-state index is 10.8. The third-order valence-corrected chi connectivity index (χ3v) is 3.52. The molecule has 1 aliphatic rings. The van der Waals surface area contributed by atoms with Crippen LogP contribution in [0.3, 0.4) is 0 Å². The molecule has 5 nitrogen and oxygen atoms in total. The smallest absolute Gasteiger partial charge is 0.342 e. The molecule has 19 heavy (non-hydrogen) atoms. The topological polar surface area (TPSA) is 61.0 Å². The molecule has 0 radical (unpaired) electrons. The first-order valence-corrected chi connectivity index (χ1v) is 6.12. The van der Waals surface area contributed by atoms with Gasteiger partial charge in [-0.3, -0.25) is 0 Å². The maximum Gasteiger partial charge on any atom is 0.342 e. The van der Waals surface area contributed by atoms with Crippen molar-refractivity contribution in [3.63, 3.8) is 0 Å². The van der Waals surface area contributed by atoms with Gasteiger partial charge in [-0.1, -0.05) is 24.3 Å². The zero-order valence-corrected chi connectivity index (χ0v) is 10.5. The summed E-state index contributed by atoms with van der Waals surface area (Å²) in [4.78, 5) is 14.5. The van der Waals surface area contributed by atoms with Crippen LogP contribution in [0.25, 0.3) is 11.6 Å². The molecule has 1 aromatic heterocycles. The zero-order valence-electron chi connectivity index (χ0n) is 10.5. The van der Waals surface area contributed by atoms with Gasteiger partial charge >= 0.3 is 5.82 Å². The highest BCUT2D eigenvalue weighted by atomic mass is 16.6. The van der Waals surface area contributed by atoms with E-state index in [1.54, 1.807) is 7.05 Å². The fourth-order valence-corrected chi connectivity index (χ4v) is 2.48. The summed E-state index contributed by atoms with van der Waals surface area (Å²) in [5.74, 6) is 0.636. The van der Waals surface area contributed by atoms with Crippen LogP contribution in [0.15, 0.2) is 30.5 Å². The molecular formula is C14H13N3O2. The number of nitrogens with zero attached hydrogens (tertiary/aromatic N) is 3. The monoisotopic (exact) mass is 255 g/mol. The summed E-state index contributed by atoms with van der Waals surface area (Å²) in [6.07, 6.45) is 5.22. The highest BCUT2D eigenvalue weighted by Gasteiger charge is 2.19. The average Bonchev–Trinajstić information content (AvgIpc) is 2.96. The molecule has 96 valence electrons. The second kappa shape index (κ2) is 4.35. The van der Waals surface area contributed by atoms with Crippen LogP contribution in [0.2, 0.25) is 0 Å². The third-order valence-electron chi connectivity index (χ3n) is 3.52. The van der Waals surface area contributed by atoms with E-state index in [9.17, 15) is 10.1 Å². The SMILES string of the molecule is Cn1c([N+](=O)[O-])cnc1/C=C1\CCc2ccccc21. The second-order valence-electron chi connectivity index (χ2n) is 4.62. The lowest BCUT2D eigenvalue weighted by atomic mass is 10.1. The standard InChI is InChI=1S/C14H13N3O2/c1-16-13(15-9-14(16)17(18)19)8-11-7-6-10-4-2-3-5-12(10)11/h2-5,8-9H,6-7H2,1H3/b11-8+. The van der Waals surface area contributed by atoms with E-state index in [2.05, 4.69) is 17.1 Å². The number of aromatic nitrogens is 2. The van der Waals surface area contributed by atoms with Gasteiger partial charge in [-0.2, -0.15) is 0 Å². The van der Waals surface area contributed by atoms with Crippen molar-refractivity contribution in [3.8, 4) is 0 Å². The Morgan fingerprint density at radius 3 is 2.89 bits per heavy atom. The van der Waals surface area contributed by atoms with E-state index in [-0.39, 0.29) is 5.82 Å². The summed E-state index contributed by atoms with van der Waals surface area (Å²) in [6.45, 7) is 0. The Bertz CT molecular complexity index is 686. The number of allylic oxidation sites excluding steroid dienone is 1. The van der Waals surface area contributed by atoms with Gasteiger partial charge in [0.15, 0.2) is 0 Å². The van der Waals surface area contributed by atoms with Crippen LogP contribution in [-0.2, 0) is 13.5 Å². The van der Waals surface area contributed by atoms with Crippen molar-refractivity contribution < 1.29 is 4.92 Å². The van der Waals surface area contributed by atoms with Crippen LogP contribution in [0, 0.1) is 10.1 Å². The maximum atomic E-state index is 10.8. The minimum Gasteiger partial charge on any atom is -0.358 e. The fourth-order valence-electron chi connectivity index (χ4n) is 2.48. The van der Waals surface area contributed by atoms with Gasteiger partial charge in [-0.25, -0.2) is 9.55 Å². The molecule has 0 unspecified atom stereocenters. The van der Waals surface area contributed by atoms with E-state index in [4.69, 9.17) is 0 Å². The van der Waals surface area contributed by atoms with Gasteiger partial charge in [0.1, 0.15) is 6.20 Å². The summed E-state index contributed by atoms with van der Waals surface area (Å²) < 4.78 is 1.51. The van der Waals surface area contributed by atoms with Crippen LogP contribution >= 0.6 is 0 Å². The Hall–Kier alpha value is -2.43. The number of imidazole rings is 1. The first-order valence-electron chi connectivity index (χ1n) is 6.12. The minimum absolute atomic E-state index is 0.0122. The summed E-state index contributed by atoms with van der Waals surface area (Å²) in [7, 11) is 1.67. The van der Waals surface area contributed by atoms with E-state index >= 15 is 0 Å². The van der Waals surface area contributed by atoms with Gasteiger partial charge in [0, 0.05) is 6.08 Å². The number of rotatable bonds is 2. The number of hydrogen-bond donors (Lipinski definition) is 0. The third kappa shape index (κ3) is 1.93. The molecule has 1 heterocycles. The molecule has 0 fully saturated rings. The van der Waals surface area contributed by atoms with Crippen molar-refractivity contribution in [3.05, 3.63) is 57.5 Å². The zero-order chi connectivity index (χ0) is 13.4. The predicted molar refractivity (Wildman–Crippen MR) is 72.5 cm³/mol. The molecule has 0 amide bonds. The van der Waals surface area contributed by atoms with Gasteiger partial charge < -0.3 is 10.1 Å². The Balaban J connectivity index is 2.02. The molecule has 0 saturated carbocycles. The van der Waals surface area contributed by atoms with Crippen molar-refractivity contribution in [2.24, 2.45) is 7.05 Å². The number of hydrogen-bond acceptors (Lipinski definition) is 3. The molecular weight excluding hydrogens is 242 g/mol. The number of benzene rings is 1. The molecule has 0 saturated heterocycles. The summed E-state index contributed by atoms with van der Waals surface area (Å²) in [5, 5.41) is 10.8. The van der Waals surface area contributed by atoms with Crippen molar-refractivity contribution in [1.82, 2.24) is 9.55 Å². The Labute approximate surface area is 110 Å². The van der Waals surface area contributed by atoms with Gasteiger partial charge in [0.2, 0.25) is 5.82 Å². The summed E-state index contributed by atoms with van der Waals surface area (Å²) in [6, 6.07) is 8.26. The van der Waals surface area contributed by atoms with Crippen LogP contribution in [0.1, 0.15) is 23.4 Å². The summed E-state index contributed by atoms with van der Waals surface area (Å²) in [5.41, 5.74) is 3.75. The lowest BCUT2D eigenvalue weighted by Gasteiger charge is -2.00. The van der Waals surface area contributed by atoms with Gasteiger partial charge in [-0.15, -0.1) is 0 Å². The quantitative estimate of drug-likeness (QED) is 0.612. The molecule has 0 bridgehead atoms. The van der Waals surface area contributed by atoms with Gasteiger partial charge in [0.05, 0.1) is 7.05 Å². The molecule has 0 atom stereocenters. The second-order valence-corrected chi connectivity index (χ2v) is 4.62. The van der Waals surface area contributed by atoms with E-state index in [0.717, 1.165) is 12.8 Å². The lowest BCUT2D eigenvalue weighted by molar-refractivity contribution is -0.391. The Morgan fingerprint density at radius 1 is 1.37 bits per heavy atom. The van der Waals surface area contributed by atoms with Crippen molar-refractivity contribution >= 4 is 17.5 Å². The number of aryl methyl sites for hydroxylation is 1. The normalized spacial score (nSPS) is 15.7. The molecule has 2 aromatic rings. The van der Waals surface area contributed by atoms with E-state index in [1.807, 2.05) is 18.2 Å². The van der Waals surface area contributed by atoms with Crippen LogP contribution < -0.4 is 0 Å². The summed E-state index contributed by atoms with van der Waals surface area (Å²) >= 11 is 0. The predicted octanol–water partition coefficient (Wildman–Crippen LogP) is 2.82. The number of nitro groups is 1. The lowest BCUT2D eigenvalue weighted by Crippen LogP contribution is -1.98. The van der Waals surface area contributed by atoms with E-state index in [1.165, 1.54) is 27.5 Å². The van der Waals surface area contributed by atoms with Crippen LogP contribution in [0.5, 0.6) is 0 Å². The number of fused-ring (bicyclic) bond motifs is 1. The van der Waals surface area contributed by atoms with Crippen LogP contribution in [-0.4, -0.2) is 14.5 Å². The van der Waals surface area contributed by atoms with Crippen molar-refractivity contribution in [2.75, 3.05) is 0 Å². The average molecular weight is 255 g/mol. The van der Waals surface area contributed by atoms with Gasteiger partial charge in [-0.05, 0) is 34.5 Å². The minimum atomic E-state index is -0.419. The van der Waals surface area contributed by atoms with Crippen LogP contribution in [0.4, 0.5) is 5.82 Å². The van der Waals surface area contributed by atoms with E-state index in [0.29, 0.717) is 5.82 Å². The molecule has 0 N–H and O–H groups in total. The highest BCUT2D eigenvalue weighted by Crippen LogP contribution is 2.33. The first kappa shape index (κ1) is 11.6. The molecule has 0 aliphatic heterocycles. The Kier molecular flexibility index (Phi) is 2.67. The molecule has 0 spiro atoms. The first-order chi connectivity index (χ1) is 9.16. The van der Waals surface area contributed by atoms with E-state index < -0.39 is 4.92 Å². The van der Waals surface area contributed by atoms with Gasteiger partial charge in [0.25, 0.3) is 0 Å². The molecule has 5 heteroatoms. The Morgan fingerprint density at radius 2 is 2.16 bits per heavy atom. The molecule has 1 aliphatic carbocycles. The largest absolute Gasteiger partial charge is 0.358 e. The van der Waals surface area contributed by atoms with Crippen molar-refractivity contribution in [2.45, 2.75) is 12.8 Å². The fraction of sp³-hybridized carbons (Fsp3) is 0.214. The molecule has 1 aromatic carbocycles. The highest BCUT2D eigenvalue weighted by molar-refractivity contribution is 5.84. The molecule has 3 rings (SSSR count).